The zero-order valence-corrected chi connectivity index (χ0v) is 10.4. The van der Waals surface area contributed by atoms with Crippen molar-refractivity contribution in [3.05, 3.63) is 29.6 Å². The van der Waals surface area contributed by atoms with Gasteiger partial charge in [-0.2, -0.15) is 0 Å². The summed E-state index contributed by atoms with van der Waals surface area (Å²) in [6.07, 6.45) is 3.88. The fourth-order valence-electron chi connectivity index (χ4n) is 1.11. The van der Waals surface area contributed by atoms with Crippen LogP contribution in [0.5, 0.6) is 0 Å². The Kier molecular flexibility index (Phi) is 6.43. The predicted molar refractivity (Wildman–Crippen MR) is 68.8 cm³/mol. The number of pyridine rings is 1. The number of rotatable bonds is 2. The van der Waals surface area contributed by atoms with Gasteiger partial charge in [0.05, 0.1) is 11.4 Å². The Morgan fingerprint density at radius 3 is 2.33 bits per heavy atom. The zero-order chi connectivity index (χ0) is 11.8. The molecule has 0 amide bonds. The summed E-state index contributed by atoms with van der Waals surface area (Å²) in [7, 11) is 0. The maximum Gasteiger partial charge on any atom is 0.0859 e. The summed E-state index contributed by atoms with van der Waals surface area (Å²) >= 11 is 0. The van der Waals surface area contributed by atoms with E-state index in [2.05, 4.69) is 18.8 Å². The van der Waals surface area contributed by atoms with Gasteiger partial charge in [0.15, 0.2) is 0 Å². The predicted octanol–water partition coefficient (Wildman–Crippen LogP) is 3.85. The molecule has 0 aliphatic carbocycles. The number of aromatic nitrogens is 1. The van der Waals surface area contributed by atoms with Crippen LogP contribution in [0.1, 0.15) is 51.9 Å². The Bertz CT molecular complexity index is 314. The van der Waals surface area contributed by atoms with Gasteiger partial charge in [-0.25, -0.2) is 0 Å². The first kappa shape index (κ1) is 13.7. The molecule has 0 unspecified atom stereocenters. The van der Waals surface area contributed by atoms with Crippen molar-refractivity contribution in [3.8, 4) is 0 Å². The molecule has 0 saturated heterocycles. The molecule has 1 rings (SSSR count). The van der Waals surface area contributed by atoms with Crippen LogP contribution in [0, 0.1) is 0 Å². The highest BCUT2D eigenvalue weighted by molar-refractivity contribution is 5.60. The minimum atomic E-state index is 0.449. The number of anilines is 1. The summed E-state index contributed by atoms with van der Waals surface area (Å²) in [4.78, 5) is 4.45. The lowest BCUT2D eigenvalue weighted by atomic mass is 10.1. The quantitative estimate of drug-likeness (QED) is 0.798. The molecular formula is C13H22N2. The summed E-state index contributed by atoms with van der Waals surface area (Å²) in [6, 6.07) is 3.89. The molecule has 1 aromatic rings. The molecule has 1 aromatic heterocycles. The highest BCUT2D eigenvalue weighted by Crippen LogP contribution is 2.17. The average Bonchev–Trinajstić information content (AvgIpc) is 2.24. The second kappa shape index (κ2) is 7.04. The third kappa shape index (κ3) is 4.15. The molecule has 1 heterocycles. The number of allylic oxidation sites excluding steroid dienone is 1. The summed E-state index contributed by atoms with van der Waals surface area (Å²) in [5.41, 5.74) is 8.45. The highest BCUT2D eigenvalue weighted by Gasteiger charge is 2.02. The maximum absolute atomic E-state index is 5.76. The van der Waals surface area contributed by atoms with Gasteiger partial charge in [-0.15, -0.1) is 0 Å². The number of hydrogen-bond acceptors (Lipinski definition) is 2. The second-order valence-corrected chi connectivity index (χ2v) is 3.37. The number of nitrogen functional groups attached to an aromatic ring is 1. The normalized spacial score (nSPS) is 10.3. The lowest BCUT2D eigenvalue weighted by Crippen LogP contribution is -1.98. The molecule has 0 bridgehead atoms. The van der Waals surface area contributed by atoms with Crippen molar-refractivity contribution in [1.82, 2.24) is 4.98 Å². The molecule has 0 spiro atoms. The van der Waals surface area contributed by atoms with Crippen LogP contribution in [-0.4, -0.2) is 4.98 Å². The Balaban J connectivity index is 0.000000921. The number of nitrogens with zero attached hydrogens (tertiary/aromatic N) is 1. The minimum absolute atomic E-state index is 0.449. The van der Waals surface area contributed by atoms with E-state index in [1.54, 1.807) is 0 Å². The van der Waals surface area contributed by atoms with Gasteiger partial charge in [-0.05, 0) is 31.1 Å². The fourth-order valence-corrected chi connectivity index (χ4v) is 1.11. The molecular weight excluding hydrogens is 184 g/mol. The molecule has 0 aliphatic heterocycles. The second-order valence-electron chi connectivity index (χ2n) is 3.37. The maximum atomic E-state index is 5.76. The first-order valence-electron chi connectivity index (χ1n) is 5.54. The van der Waals surface area contributed by atoms with E-state index in [1.807, 2.05) is 45.1 Å². The first-order valence-corrected chi connectivity index (χ1v) is 5.54. The van der Waals surface area contributed by atoms with E-state index in [1.165, 1.54) is 0 Å². The summed E-state index contributed by atoms with van der Waals surface area (Å²) in [6.45, 7) is 10.2. The summed E-state index contributed by atoms with van der Waals surface area (Å²) in [5.74, 6) is 0.449. The van der Waals surface area contributed by atoms with Gasteiger partial charge in [0, 0.05) is 5.69 Å². The molecule has 2 N–H and O–H groups in total. The Hall–Kier alpha value is -1.31. The molecule has 0 aliphatic rings. The van der Waals surface area contributed by atoms with Gasteiger partial charge in [-0.3, -0.25) is 4.98 Å². The molecule has 0 fully saturated rings. The Labute approximate surface area is 93.2 Å². The third-order valence-electron chi connectivity index (χ3n) is 1.90. The van der Waals surface area contributed by atoms with Crippen LogP contribution in [0.2, 0.25) is 0 Å². The fraction of sp³-hybridized carbons (Fsp3) is 0.462. The van der Waals surface area contributed by atoms with E-state index in [0.29, 0.717) is 5.92 Å². The third-order valence-corrected chi connectivity index (χ3v) is 1.90. The van der Waals surface area contributed by atoms with Gasteiger partial charge in [0.1, 0.15) is 0 Å². The SMILES string of the molecule is C/C=C\c1nc(C(C)C)ccc1N.CC. The van der Waals surface area contributed by atoms with Gasteiger partial charge in [-0.1, -0.05) is 33.8 Å². The van der Waals surface area contributed by atoms with Crippen LogP contribution in [0.15, 0.2) is 18.2 Å². The topological polar surface area (TPSA) is 38.9 Å². The molecule has 15 heavy (non-hydrogen) atoms. The van der Waals surface area contributed by atoms with Gasteiger partial charge >= 0.3 is 0 Å². The van der Waals surface area contributed by atoms with Crippen LogP contribution < -0.4 is 5.73 Å². The van der Waals surface area contributed by atoms with E-state index < -0.39 is 0 Å². The van der Waals surface area contributed by atoms with Crippen molar-refractivity contribution >= 4 is 11.8 Å². The number of nitrogens with two attached hydrogens (primary N) is 1. The van der Waals surface area contributed by atoms with Crippen molar-refractivity contribution in [2.45, 2.75) is 40.5 Å². The molecule has 0 atom stereocenters. The highest BCUT2D eigenvalue weighted by atomic mass is 14.8. The van der Waals surface area contributed by atoms with E-state index >= 15 is 0 Å². The van der Waals surface area contributed by atoms with Crippen molar-refractivity contribution < 1.29 is 0 Å². The number of hydrogen-bond donors (Lipinski definition) is 1. The average molecular weight is 206 g/mol. The van der Waals surface area contributed by atoms with Crippen molar-refractivity contribution in [3.63, 3.8) is 0 Å². The molecule has 0 aromatic carbocycles. The van der Waals surface area contributed by atoms with E-state index in [4.69, 9.17) is 5.73 Å². The monoisotopic (exact) mass is 206 g/mol. The van der Waals surface area contributed by atoms with Gasteiger partial charge < -0.3 is 5.73 Å². The molecule has 2 nitrogen and oxygen atoms in total. The standard InChI is InChI=1S/C11H16N2.C2H6/c1-4-5-11-9(12)6-7-10(13-11)8(2)3;1-2/h4-8H,12H2,1-3H3;1-2H3/b5-4-;. The minimum Gasteiger partial charge on any atom is -0.397 e. The van der Waals surface area contributed by atoms with E-state index in [0.717, 1.165) is 17.1 Å². The van der Waals surface area contributed by atoms with Crippen molar-refractivity contribution in [2.24, 2.45) is 0 Å². The smallest absolute Gasteiger partial charge is 0.0859 e. The lowest BCUT2D eigenvalue weighted by Gasteiger charge is -2.06. The summed E-state index contributed by atoms with van der Waals surface area (Å²) < 4.78 is 0. The van der Waals surface area contributed by atoms with Crippen LogP contribution in [0.4, 0.5) is 5.69 Å². The van der Waals surface area contributed by atoms with Crippen LogP contribution in [0.3, 0.4) is 0 Å². The van der Waals surface area contributed by atoms with Crippen LogP contribution >= 0.6 is 0 Å². The largest absolute Gasteiger partial charge is 0.397 e. The molecule has 2 heteroatoms. The zero-order valence-electron chi connectivity index (χ0n) is 10.4. The molecule has 0 radical (unpaired) electrons. The van der Waals surface area contributed by atoms with Crippen molar-refractivity contribution in [1.29, 1.82) is 0 Å². The van der Waals surface area contributed by atoms with Gasteiger partial charge in [0.25, 0.3) is 0 Å². The molecule has 0 saturated carbocycles. The van der Waals surface area contributed by atoms with Crippen LogP contribution in [-0.2, 0) is 0 Å². The summed E-state index contributed by atoms with van der Waals surface area (Å²) in [5, 5.41) is 0. The molecule has 84 valence electrons. The van der Waals surface area contributed by atoms with Gasteiger partial charge in [0.2, 0.25) is 0 Å². The van der Waals surface area contributed by atoms with E-state index in [-0.39, 0.29) is 0 Å². The Morgan fingerprint density at radius 1 is 1.27 bits per heavy atom. The lowest BCUT2D eigenvalue weighted by molar-refractivity contribution is 0.821. The van der Waals surface area contributed by atoms with Crippen LogP contribution in [0.25, 0.3) is 6.08 Å². The Morgan fingerprint density at radius 2 is 1.87 bits per heavy atom. The first-order chi connectivity index (χ1) is 7.15. The van der Waals surface area contributed by atoms with Crippen molar-refractivity contribution in [2.75, 3.05) is 5.73 Å². The van der Waals surface area contributed by atoms with E-state index in [9.17, 15) is 0 Å².